The van der Waals surface area contributed by atoms with Crippen molar-refractivity contribution in [1.82, 2.24) is 24.6 Å². The maximum absolute atomic E-state index is 13.7. The second-order valence-corrected chi connectivity index (χ2v) is 10.5. The number of aliphatic hydroxyl groups is 1. The van der Waals surface area contributed by atoms with E-state index in [-0.39, 0.29) is 35.9 Å². The predicted molar refractivity (Wildman–Crippen MR) is 135 cm³/mol. The first kappa shape index (κ1) is 26.6. The van der Waals surface area contributed by atoms with Crippen molar-refractivity contribution in [3.8, 4) is 5.75 Å². The van der Waals surface area contributed by atoms with Crippen LogP contribution in [0.25, 0.3) is 11.2 Å². The zero-order valence-electron chi connectivity index (χ0n) is 20.6. The third kappa shape index (κ3) is 5.59. The molecular weight excluding hydrogens is 503 g/mol. The number of ether oxygens (including phenoxy) is 1. The summed E-state index contributed by atoms with van der Waals surface area (Å²) >= 11 is 0. The van der Waals surface area contributed by atoms with Crippen molar-refractivity contribution in [3.05, 3.63) is 58.7 Å². The zero-order valence-corrected chi connectivity index (χ0v) is 21.5. The number of nitrogens with zero attached hydrogens (tertiary/aromatic N) is 3. The van der Waals surface area contributed by atoms with Crippen LogP contribution in [0.15, 0.2) is 47.5 Å². The van der Waals surface area contributed by atoms with Crippen LogP contribution < -0.4 is 20.9 Å². The normalized spacial score (nSPS) is 22.1. The van der Waals surface area contributed by atoms with E-state index in [0.29, 0.717) is 5.57 Å². The van der Waals surface area contributed by atoms with Crippen molar-refractivity contribution in [2.45, 2.75) is 38.5 Å². The largest absolute Gasteiger partial charge is 0.468 e. The van der Waals surface area contributed by atoms with E-state index >= 15 is 0 Å². The Bertz CT molecular complexity index is 1420. The molecule has 0 amide bonds. The van der Waals surface area contributed by atoms with Gasteiger partial charge in [-0.05, 0) is 38.0 Å². The molecule has 5 atom stereocenters. The molecule has 0 spiro atoms. The highest BCUT2D eigenvalue weighted by atomic mass is 31.2. The Morgan fingerprint density at radius 3 is 2.78 bits per heavy atom. The van der Waals surface area contributed by atoms with Gasteiger partial charge in [0.1, 0.15) is 11.8 Å². The van der Waals surface area contributed by atoms with Crippen LogP contribution >= 0.6 is 7.75 Å². The number of fused-ring (bicyclic) bond motifs is 1. The Balaban J connectivity index is 1.55. The second kappa shape index (κ2) is 10.5. The molecule has 3 aromatic rings. The van der Waals surface area contributed by atoms with Gasteiger partial charge in [0.25, 0.3) is 5.56 Å². The number of hydrogen-bond donors (Lipinski definition) is 4. The number of carbonyl (C=O) groups excluding carboxylic acids is 1. The first-order valence-corrected chi connectivity index (χ1v) is 13.0. The summed E-state index contributed by atoms with van der Waals surface area (Å²) in [6, 6.07) is 5.33. The number of aromatic amines is 1. The summed E-state index contributed by atoms with van der Waals surface area (Å²) < 4.78 is 31.4. The summed E-state index contributed by atoms with van der Waals surface area (Å²) in [5.74, 6) is -1.10. The molecule has 0 aliphatic heterocycles. The molecule has 2 heterocycles. The average molecular weight is 532 g/mol. The molecule has 2 aromatic heterocycles. The van der Waals surface area contributed by atoms with Crippen molar-refractivity contribution in [2.24, 2.45) is 5.92 Å². The topological polar surface area (TPSA) is 184 Å². The number of rotatable bonds is 9. The van der Waals surface area contributed by atoms with Gasteiger partial charge in [-0.15, -0.1) is 0 Å². The quantitative estimate of drug-likeness (QED) is 0.179. The lowest BCUT2D eigenvalue weighted by Gasteiger charge is -2.25. The molecule has 198 valence electrons. The number of anilines is 1. The van der Waals surface area contributed by atoms with E-state index < -0.39 is 43.4 Å². The molecule has 0 unspecified atom stereocenters. The summed E-state index contributed by atoms with van der Waals surface area (Å²) in [6.45, 7) is 7.24. The van der Waals surface area contributed by atoms with Crippen LogP contribution in [0.3, 0.4) is 0 Å². The molecule has 1 saturated carbocycles. The minimum atomic E-state index is -4.11. The van der Waals surface area contributed by atoms with Crippen molar-refractivity contribution >= 4 is 30.8 Å². The van der Waals surface area contributed by atoms with Gasteiger partial charge in [0, 0.05) is 5.92 Å². The fourth-order valence-corrected chi connectivity index (χ4v) is 5.71. The van der Waals surface area contributed by atoms with Gasteiger partial charge in [0.2, 0.25) is 5.95 Å². The number of hydrogen-bond acceptors (Lipinski definition) is 10. The van der Waals surface area contributed by atoms with Crippen LogP contribution in [0.1, 0.15) is 24.9 Å². The molecule has 0 bridgehead atoms. The number of aryl methyl sites for hydroxylation is 1. The third-order valence-corrected chi connectivity index (χ3v) is 7.84. The lowest BCUT2D eigenvalue weighted by atomic mass is 10.0. The van der Waals surface area contributed by atoms with Gasteiger partial charge < -0.3 is 24.7 Å². The third-order valence-electron chi connectivity index (χ3n) is 6.20. The predicted octanol–water partition coefficient (Wildman–Crippen LogP) is 1.84. The van der Waals surface area contributed by atoms with E-state index in [4.69, 9.17) is 19.5 Å². The Kier molecular flexibility index (Phi) is 7.51. The van der Waals surface area contributed by atoms with Gasteiger partial charge in [0.05, 0.1) is 32.2 Å². The number of aromatic nitrogens is 4. The molecule has 0 radical (unpaired) electrons. The van der Waals surface area contributed by atoms with E-state index in [2.05, 4.69) is 26.6 Å². The van der Waals surface area contributed by atoms with Crippen molar-refractivity contribution < 1.29 is 28.3 Å². The van der Waals surface area contributed by atoms with Crippen LogP contribution in [-0.2, 0) is 18.6 Å². The number of H-pyrrole nitrogens is 1. The van der Waals surface area contributed by atoms with E-state index in [9.17, 15) is 19.3 Å². The highest BCUT2D eigenvalue weighted by Crippen LogP contribution is 2.48. The van der Waals surface area contributed by atoms with Crippen molar-refractivity contribution in [2.75, 3.05) is 19.5 Å². The number of esters is 1. The van der Waals surface area contributed by atoms with Crippen molar-refractivity contribution in [1.29, 1.82) is 0 Å². The van der Waals surface area contributed by atoms with Crippen LogP contribution in [0.4, 0.5) is 5.95 Å². The average Bonchev–Trinajstić information content (AvgIpc) is 3.38. The Labute approximate surface area is 212 Å². The zero-order chi connectivity index (χ0) is 26.9. The minimum Gasteiger partial charge on any atom is -0.468 e. The maximum atomic E-state index is 13.7. The molecule has 37 heavy (non-hydrogen) atoms. The van der Waals surface area contributed by atoms with E-state index in [0.717, 1.165) is 5.56 Å². The second-order valence-electron chi connectivity index (χ2n) is 8.85. The number of imidazole rings is 1. The molecule has 1 fully saturated rings. The van der Waals surface area contributed by atoms with Crippen molar-refractivity contribution in [3.63, 3.8) is 0 Å². The van der Waals surface area contributed by atoms with Crippen LogP contribution in [0.2, 0.25) is 0 Å². The fourth-order valence-electron chi connectivity index (χ4n) is 4.19. The number of benzene rings is 1. The molecule has 13 nitrogen and oxygen atoms in total. The van der Waals surface area contributed by atoms with Gasteiger partial charge in [-0.2, -0.15) is 10.1 Å². The van der Waals surface area contributed by atoms with Gasteiger partial charge in [-0.1, -0.05) is 24.3 Å². The number of nitrogens with two attached hydrogens (primary N) is 1. The van der Waals surface area contributed by atoms with Crippen LogP contribution in [0.5, 0.6) is 5.75 Å². The monoisotopic (exact) mass is 532 g/mol. The van der Waals surface area contributed by atoms with Gasteiger partial charge in [-0.3, -0.25) is 19.1 Å². The molecule has 14 heteroatoms. The number of nitrogen functional groups attached to an aromatic ring is 1. The van der Waals surface area contributed by atoms with E-state index in [1.54, 1.807) is 28.8 Å². The molecule has 1 aliphatic carbocycles. The summed E-state index contributed by atoms with van der Waals surface area (Å²) in [5.41, 5.74) is 7.09. The summed E-state index contributed by atoms with van der Waals surface area (Å²) in [7, 11) is -2.90. The number of carbonyl (C=O) groups is 1. The lowest BCUT2D eigenvalue weighted by molar-refractivity contribution is -0.142. The Morgan fingerprint density at radius 2 is 2.11 bits per heavy atom. The first-order chi connectivity index (χ1) is 17.5. The standard InChI is InChI=1S/C23H29N6O7P/c1-12-5-7-15(8-6-12)36-37(33,28-14(3)22(32)34-4)35-10-16-13(2)17(9-18(16)30)29-11-25-19-20(29)26-23(24)27-21(19)31/h5-8,11,14,16-18,30H,2,9-10H2,1,3-4H3,(H,28,33)(H3,24,26,27,31)/t14-,16-,17-,18-,37-/m0/s1. The Hall–Kier alpha value is -3.51. The molecule has 1 aromatic carbocycles. The molecule has 4 rings (SSSR count). The Morgan fingerprint density at radius 1 is 1.41 bits per heavy atom. The first-order valence-electron chi connectivity index (χ1n) is 11.5. The summed E-state index contributed by atoms with van der Waals surface area (Å²) in [6.07, 6.45) is 0.741. The number of methoxy groups -OCH3 is 1. The van der Waals surface area contributed by atoms with Gasteiger partial charge >= 0.3 is 13.7 Å². The lowest BCUT2D eigenvalue weighted by Crippen LogP contribution is -2.35. The van der Waals surface area contributed by atoms with E-state index in [1.165, 1.54) is 20.4 Å². The molecular formula is C23H29N6O7P. The SMILES string of the molecule is C=C1[C@H](CO[P@@](=O)(N[C@@H](C)C(=O)OC)Oc2ccc(C)cc2)[C@@H](O)C[C@@H]1n1cnc2c(=O)[nH]c(N)nc21. The highest BCUT2D eigenvalue weighted by Gasteiger charge is 2.41. The minimum absolute atomic E-state index is 0.0664. The summed E-state index contributed by atoms with van der Waals surface area (Å²) in [5, 5.41) is 13.4. The smallest absolute Gasteiger partial charge is 0.459 e. The van der Waals surface area contributed by atoms with Gasteiger partial charge in [0.15, 0.2) is 11.2 Å². The summed E-state index contributed by atoms with van der Waals surface area (Å²) in [4.78, 5) is 34.8. The number of aliphatic hydroxyl groups excluding tert-OH is 1. The van der Waals surface area contributed by atoms with Gasteiger partial charge in [-0.25, -0.2) is 9.55 Å². The van der Waals surface area contributed by atoms with Crippen LogP contribution in [-0.4, -0.2) is 56.5 Å². The maximum Gasteiger partial charge on any atom is 0.459 e. The molecule has 0 saturated heterocycles. The van der Waals surface area contributed by atoms with E-state index in [1.807, 2.05) is 6.92 Å². The highest BCUT2D eigenvalue weighted by molar-refractivity contribution is 7.52. The fraction of sp³-hybridized carbons (Fsp3) is 0.391. The number of nitrogens with one attached hydrogen (secondary N) is 2. The molecule has 1 aliphatic rings. The van der Waals surface area contributed by atoms with Crippen LogP contribution in [0, 0.1) is 12.8 Å². The molecule has 5 N–H and O–H groups in total.